The molecule has 1 heterocycles. The number of hydrogen-bond donors (Lipinski definition) is 2. The molecular formula is C22H22N4O3. The predicted molar refractivity (Wildman–Crippen MR) is 111 cm³/mol. The van der Waals surface area contributed by atoms with E-state index >= 15 is 0 Å². The van der Waals surface area contributed by atoms with Crippen LogP contribution in [0.15, 0.2) is 60.9 Å². The van der Waals surface area contributed by atoms with Crippen LogP contribution in [0.1, 0.15) is 33.3 Å². The third-order valence-electron chi connectivity index (χ3n) is 4.31. The van der Waals surface area contributed by atoms with Gasteiger partial charge in [0, 0.05) is 23.9 Å². The number of nitrogens with zero attached hydrogens (tertiary/aromatic N) is 2. The molecule has 29 heavy (non-hydrogen) atoms. The Balaban J connectivity index is 1.62. The van der Waals surface area contributed by atoms with Gasteiger partial charge in [0.15, 0.2) is 5.78 Å². The molecule has 1 aromatic heterocycles. The number of para-hydroxylation sites is 1. The fraction of sp³-hybridized carbons (Fsp3) is 0.182. The number of aromatic nitrogens is 2. The number of carbonyl (C=O) groups is 2. The lowest BCUT2D eigenvalue weighted by molar-refractivity contribution is 0.0948. The number of amides is 1. The molecule has 0 spiro atoms. The zero-order chi connectivity index (χ0) is 20.6. The average molecular weight is 390 g/mol. The molecule has 0 fully saturated rings. The maximum absolute atomic E-state index is 12.4. The van der Waals surface area contributed by atoms with Crippen molar-refractivity contribution in [2.45, 2.75) is 13.3 Å². The van der Waals surface area contributed by atoms with Gasteiger partial charge in [0.2, 0.25) is 0 Å². The summed E-state index contributed by atoms with van der Waals surface area (Å²) in [6.07, 6.45) is 1.97. The predicted octanol–water partition coefficient (Wildman–Crippen LogP) is 3.40. The molecule has 0 aliphatic rings. The van der Waals surface area contributed by atoms with E-state index in [1.54, 1.807) is 31.4 Å². The highest BCUT2D eigenvalue weighted by Crippen LogP contribution is 2.18. The molecule has 0 saturated carbocycles. The van der Waals surface area contributed by atoms with Crippen LogP contribution in [0, 0.1) is 0 Å². The van der Waals surface area contributed by atoms with Crippen molar-refractivity contribution in [2.24, 2.45) is 0 Å². The summed E-state index contributed by atoms with van der Waals surface area (Å²) in [5.41, 5.74) is 2.58. The smallest absolute Gasteiger partial charge is 0.270 e. The van der Waals surface area contributed by atoms with E-state index in [4.69, 9.17) is 4.74 Å². The molecule has 0 aliphatic heterocycles. The minimum Gasteiger partial charge on any atom is -0.496 e. The summed E-state index contributed by atoms with van der Waals surface area (Å²) in [7, 11) is 1.62. The Hall–Kier alpha value is -3.74. The van der Waals surface area contributed by atoms with Crippen LogP contribution in [0.2, 0.25) is 0 Å². The SMILES string of the molecule is COc1ccccc1CCNC(=O)c1cc(Nc2cccc(C(C)=O)c2)ncn1. The third kappa shape index (κ3) is 5.38. The highest BCUT2D eigenvalue weighted by molar-refractivity contribution is 5.95. The van der Waals surface area contributed by atoms with Crippen molar-refractivity contribution < 1.29 is 14.3 Å². The zero-order valence-corrected chi connectivity index (χ0v) is 16.3. The lowest BCUT2D eigenvalue weighted by atomic mass is 10.1. The first kappa shape index (κ1) is 20.0. The summed E-state index contributed by atoms with van der Waals surface area (Å²) in [5.74, 6) is 0.952. The minimum atomic E-state index is -0.289. The topological polar surface area (TPSA) is 93.2 Å². The standard InChI is InChI=1S/C22H22N4O3/c1-15(27)17-7-5-8-18(12-17)26-21-13-19(24-14-25-21)22(28)23-11-10-16-6-3-4-9-20(16)29-2/h3-9,12-14H,10-11H2,1-2H3,(H,23,28)(H,24,25,26). The molecule has 0 atom stereocenters. The molecule has 3 rings (SSSR count). The van der Waals surface area contributed by atoms with Crippen molar-refractivity contribution in [3.05, 3.63) is 77.7 Å². The van der Waals surface area contributed by atoms with Gasteiger partial charge in [0.25, 0.3) is 5.91 Å². The number of rotatable bonds is 8. The molecule has 2 aromatic carbocycles. The van der Waals surface area contributed by atoms with Gasteiger partial charge in [-0.3, -0.25) is 9.59 Å². The van der Waals surface area contributed by atoms with E-state index < -0.39 is 0 Å². The zero-order valence-electron chi connectivity index (χ0n) is 16.3. The number of anilines is 2. The van der Waals surface area contributed by atoms with Crippen LogP contribution in [0.5, 0.6) is 5.75 Å². The minimum absolute atomic E-state index is 0.0218. The van der Waals surface area contributed by atoms with Crippen LogP contribution in [0.3, 0.4) is 0 Å². The summed E-state index contributed by atoms with van der Waals surface area (Å²) in [6, 6.07) is 16.3. The fourth-order valence-corrected chi connectivity index (χ4v) is 2.82. The Kier molecular flexibility index (Phi) is 6.52. The van der Waals surface area contributed by atoms with E-state index in [2.05, 4.69) is 20.6 Å². The van der Waals surface area contributed by atoms with Crippen molar-refractivity contribution in [3.63, 3.8) is 0 Å². The number of benzene rings is 2. The lowest BCUT2D eigenvalue weighted by Gasteiger charge is -2.10. The maximum Gasteiger partial charge on any atom is 0.270 e. The van der Waals surface area contributed by atoms with Crippen LogP contribution >= 0.6 is 0 Å². The van der Waals surface area contributed by atoms with Crippen LogP contribution < -0.4 is 15.4 Å². The van der Waals surface area contributed by atoms with Gasteiger partial charge in [-0.15, -0.1) is 0 Å². The summed E-state index contributed by atoms with van der Waals surface area (Å²) in [4.78, 5) is 32.1. The second-order valence-electron chi connectivity index (χ2n) is 6.37. The van der Waals surface area contributed by atoms with Crippen molar-refractivity contribution in [2.75, 3.05) is 19.0 Å². The number of Topliss-reactive ketones (excluding diaryl/α,β-unsaturated/α-hetero) is 1. The first-order valence-corrected chi connectivity index (χ1v) is 9.17. The van der Waals surface area contributed by atoms with E-state index in [0.29, 0.717) is 30.0 Å². The number of methoxy groups -OCH3 is 1. The van der Waals surface area contributed by atoms with E-state index in [1.165, 1.54) is 13.3 Å². The molecule has 0 aliphatic carbocycles. The first-order chi connectivity index (χ1) is 14.1. The number of hydrogen-bond acceptors (Lipinski definition) is 6. The van der Waals surface area contributed by atoms with E-state index in [0.717, 1.165) is 11.3 Å². The van der Waals surface area contributed by atoms with Crippen molar-refractivity contribution in [1.29, 1.82) is 0 Å². The Bertz CT molecular complexity index is 1020. The average Bonchev–Trinajstić information content (AvgIpc) is 2.74. The van der Waals surface area contributed by atoms with Gasteiger partial charge in [0.05, 0.1) is 7.11 Å². The third-order valence-corrected chi connectivity index (χ3v) is 4.31. The van der Waals surface area contributed by atoms with Crippen LogP contribution in [0.4, 0.5) is 11.5 Å². The molecule has 0 bridgehead atoms. The summed E-state index contributed by atoms with van der Waals surface area (Å²) in [6.45, 7) is 1.96. The van der Waals surface area contributed by atoms with Gasteiger partial charge >= 0.3 is 0 Å². The number of ether oxygens (including phenoxy) is 1. The van der Waals surface area contributed by atoms with Gasteiger partial charge in [0.1, 0.15) is 23.6 Å². The van der Waals surface area contributed by atoms with Gasteiger partial charge in [-0.05, 0) is 37.1 Å². The largest absolute Gasteiger partial charge is 0.496 e. The van der Waals surface area contributed by atoms with Crippen molar-refractivity contribution >= 4 is 23.2 Å². The van der Waals surface area contributed by atoms with Crippen molar-refractivity contribution in [1.82, 2.24) is 15.3 Å². The number of carbonyl (C=O) groups excluding carboxylic acids is 2. The van der Waals surface area contributed by atoms with E-state index in [1.807, 2.05) is 30.3 Å². The molecule has 3 aromatic rings. The molecule has 7 heteroatoms. The fourth-order valence-electron chi connectivity index (χ4n) is 2.82. The molecule has 2 N–H and O–H groups in total. The second kappa shape index (κ2) is 9.45. The number of ketones is 1. The second-order valence-corrected chi connectivity index (χ2v) is 6.37. The molecular weight excluding hydrogens is 368 g/mol. The molecule has 0 unspecified atom stereocenters. The first-order valence-electron chi connectivity index (χ1n) is 9.17. The van der Waals surface area contributed by atoms with E-state index in [-0.39, 0.29) is 17.4 Å². The molecule has 7 nitrogen and oxygen atoms in total. The summed E-state index contributed by atoms with van der Waals surface area (Å²) >= 11 is 0. The summed E-state index contributed by atoms with van der Waals surface area (Å²) in [5, 5.41) is 5.95. The molecule has 148 valence electrons. The Morgan fingerprint density at radius 3 is 2.66 bits per heavy atom. The number of nitrogens with one attached hydrogen (secondary N) is 2. The van der Waals surface area contributed by atoms with Crippen LogP contribution in [-0.4, -0.2) is 35.3 Å². The lowest BCUT2D eigenvalue weighted by Crippen LogP contribution is -2.26. The molecule has 1 amide bonds. The quantitative estimate of drug-likeness (QED) is 0.573. The highest BCUT2D eigenvalue weighted by atomic mass is 16.5. The van der Waals surface area contributed by atoms with Crippen LogP contribution in [0.25, 0.3) is 0 Å². The normalized spacial score (nSPS) is 10.3. The van der Waals surface area contributed by atoms with Gasteiger partial charge in [-0.1, -0.05) is 30.3 Å². The Labute approximate surface area is 169 Å². The van der Waals surface area contributed by atoms with Crippen LogP contribution in [-0.2, 0) is 6.42 Å². The van der Waals surface area contributed by atoms with Crippen molar-refractivity contribution in [3.8, 4) is 5.75 Å². The van der Waals surface area contributed by atoms with Gasteiger partial charge < -0.3 is 15.4 Å². The van der Waals surface area contributed by atoms with Gasteiger partial charge in [-0.25, -0.2) is 9.97 Å². The van der Waals surface area contributed by atoms with E-state index in [9.17, 15) is 9.59 Å². The summed E-state index contributed by atoms with van der Waals surface area (Å²) < 4.78 is 5.32. The molecule has 0 radical (unpaired) electrons. The highest BCUT2D eigenvalue weighted by Gasteiger charge is 2.10. The monoisotopic (exact) mass is 390 g/mol. The Morgan fingerprint density at radius 2 is 1.86 bits per heavy atom. The van der Waals surface area contributed by atoms with Gasteiger partial charge in [-0.2, -0.15) is 0 Å². The maximum atomic E-state index is 12.4. The Morgan fingerprint density at radius 1 is 1.03 bits per heavy atom. The molecule has 0 saturated heterocycles.